The van der Waals surface area contributed by atoms with Crippen molar-refractivity contribution in [3.8, 4) is 0 Å². The van der Waals surface area contributed by atoms with Crippen molar-refractivity contribution < 1.29 is 4.79 Å². The number of rotatable bonds is 5. The van der Waals surface area contributed by atoms with E-state index in [4.69, 9.17) is 0 Å². The molecule has 0 radical (unpaired) electrons. The number of amides is 1. The van der Waals surface area contributed by atoms with Crippen molar-refractivity contribution in [1.29, 1.82) is 0 Å². The number of carbonyl (C=O) groups is 1. The van der Waals surface area contributed by atoms with Crippen LogP contribution in [0.1, 0.15) is 0 Å². The van der Waals surface area contributed by atoms with Crippen molar-refractivity contribution in [3.05, 3.63) is 34.7 Å². The SMILES string of the molecule is CNCCNC(=O)Cn1ccccc1=O.Cl. The van der Waals surface area contributed by atoms with Gasteiger partial charge in [-0.05, 0) is 13.1 Å². The maximum absolute atomic E-state index is 11.3. The number of pyridine rings is 1. The molecule has 0 aliphatic carbocycles. The Bertz CT molecular complexity index is 378. The number of nitrogens with one attached hydrogen (secondary N) is 2. The third-order valence-electron chi connectivity index (χ3n) is 1.91. The molecule has 1 aromatic heterocycles. The zero-order chi connectivity index (χ0) is 11.1. The second kappa shape index (κ2) is 7.90. The summed E-state index contributed by atoms with van der Waals surface area (Å²) in [4.78, 5) is 22.6. The van der Waals surface area contributed by atoms with Gasteiger partial charge in [-0.3, -0.25) is 9.59 Å². The molecule has 0 bridgehead atoms. The Labute approximate surface area is 100 Å². The number of hydrogen-bond acceptors (Lipinski definition) is 3. The Kier molecular flexibility index (Phi) is 7.24. The Morgan fingerprint density at radius 3 is 2.75 bits per heavy atom. The minimum absolute atomic E-state index is 0. The highest BCUT2D eigenvalue weighted by Crippen LogP contribution is 1.81. The average Bonchev–Trinajstić information content (AvgIpc) is 2.22. The van der Waals surface area contributed by atoms with Crippen LogP contribution in [-0.2, 0) is 11.3 Å². The molecule has 0 saturated heterocycles. The minimum Gasteiger partial charge on any atom is -0.353 e. The molecule has 6 heteroatoms. The first-order valence-corrected chi connectivity index (χ1v) is 4.81. The van der Waals surface area contributed by atoms with E-state index in [1.165, 1.54) is 10.6 Å². The Balaban J connectivity index is 0.00000225. The molecule has 0 fully saturated rings. The Morgan fingerprint density at radius 1 is 1.38 bits per heavy atom. The number of likely N-dealkylation sites (N-methyl/N-ethyl adjacent to an activating group) is 1. The fraction of sp³-hybridized carbons (Fsp3) is 0.400. The summed E-state index contributed by atoms with van der Waals surface area (Å²) in [7, 11) is 1.81. The van der Waals surface area contributed by atoms with E-state index in [0.29, 0.717) is 6.54 Å². The Morgan fingerprint density at radius 2 is 2.12 bits per heavy atom. The van der Waals surface area contributed by atoms with Crippen LogP contribution in [0.4, 0.5) is 0 Å². The van der Waals surface area contributed by atoms with E-state index in [-0.39, 0.29) is 30.4 Å². The lowest BCUT2D eigenvalue weighted by Crippen LogP contribution is -2.35. The predicted octanol–water partition coefficient (Wildman–Crippen LogP) is -0.394. The summed E-state index contributed by atoms with van der Waals surface area (Å²) in [6.45, 7) is 1.36. The van der Waals surface area contributed by atoms with Crippen molar-refractivity contribution in [2.75, 3.05) is 20.1 Å². The van der Waals surface area contributed by atoms with Gasteiger partial charge in [-0.2, -0.15) is 0 Å². The molecular weight excluding hydrogens is 230 g/mol. The number of aromatic nitrogens is 1. The molecule has 1 rings (SSSR count). The second-order valence-electron chi connectivity index (χ2n) is 3.12. The quantitative estimate of drug-likeness (QED) is 0.695. The molecule has 0 aliphatic rings. The molecule has 0 aromatic carbocycles. The van der Waals surface area contributed by atoms with Crippen LogP contribution in [0.15, 0.2) is 29.2 Å². The van der Waals surface area contributed by atoms with E-state index < -0.39 is 0 Å². The lowest BCUT2D eigenvalue weighted by Gasteiger charge is -2.06. The van der Waals surface area contributed by atoms with E-state index in [9.17, 15) is 9.59 Å². The van der Waals surface area contributed by atoms with Gasteiger partial charge >= 0.3 is 0 Å². The van der Waals surface area contributed by atoms with Gasteiger partial charge in [0.15, 0.2) is 0 Å². The molecule has 16 heavy (non-hydrogen) atoms. The van der Waals surface area contributed by atoms with Gasteiger partial charge in [0.1, 0.15) is 6.54 Å². The van der Waals surface area contributed by atoms with Crippen molar-refractivity contribution in [3.63, 3.8) is 0 Å². The van der Waals surface area contributed by atoms with E-state index in [0.717, 1.165) is 6.54 Å². The van der Waals surface area contributed by atoms with E-state index in [1.54, 1.807) is 18.3 Å². The smallest absolute Gasteiger partial charge is 0.250 e. The summed E-state index contributed by atoms with van der Waals surface area (Å²) in [6, 6.07) is 4.81. The maximum Gasteiger partial charge on any atom is 0.250 e. The first-order chi connectivity index (χ1) is 7.24. The van der Waals surface area contributed by atoms with Gasteiger partial charge in [-0.15, -0.1) is 12.4 Å². The zero-order valence-electron chi connectivity index (χ0n) is 9.10. The molecule has 0 aliphatic heterocycles. The van der Waals surface area contributed by atoms with Crippen LogP contribution < -0.4 is 16.2 Å². The molecular formula is C10H16ClN3O2. The van der Waals surface area contributed by atoms with E-state index >= 15 is 0 Å². The molecule has 1 amide bonds. The Hall–Kier alpha value is -1.33. The van der Waals surface area contributed by atoms with Crippen LogP contribution >= 0.6 is 12.4 Å². The van der Waals surface area contributed by atoms with Crippen LogP contribution in [-0.4, -0.2) is 30.6 Å². The topological polar surface area (TPSA) is 63.1 Å². The molecule has 0 saturated carbocycles. The highest BCUT2D eigenvalue weighted by Gasteiger charge is 2.01. The molecule has 1 heterocycles. The number of carbonyl (C=O) groups excluding carboxylic acids is 1. The number of nitrogens with zero attached hydrogens (tertiary/aromatic N) is 1. The fourth-order valence-corrected chi connectivity index (χ4v) is 1.13. The lowest BCUT2D eigenvalue weighted by molar-refractivity contribution is -0.121. The summed E-state index contributed by atoms with van der Waals surface area (Å²) in [6.07, 6.45) is 1.60. The molecule has 0 atom stereocenters. The molecule has 0 unspecified atom stereocenters. The first-order valence-electron chi connectivity index (χ1n) is 4.81. The number of hydrogen-bond donors (Lipinski definition) is 2. The van der Waals surface area contributed by atoms with Gasteiger partial charge in [-0.1, -0.05) is 6.07 Å². The molecule has 5 nitrogen and oxygen atoms in total. The highest BCUT2D eigenvalue weighted by atomic mass is 35.5. The fourth-order valence-electron chi connectivity index (χ4n) is 1.13. The van der Waals surface area contributed by atoms with Gasteiger partial charge in [-0.25, -0.2) is 0 Å². The molecule has 2 N–H and O–H groups in total. The second-order valence-corrected chi connectivity index (χ2v) is 3.12. The summed E-state index contributed by atoms with van der Waals surface area (Å²) < 4.78 is 1.37. The summed E-state index contributed by atoms with van der Waals surface area (Å²) in [5.74, 6) is -0.154. The monoisotopic (exact) mass is 245 g/mol. The van der Waals surface area contributed by atoms with Crippen LogP contribution in [0.3, 0.4) is 0 Å². The van der Waals surface area contributed by atoms with Crippen LogP contribution in [0.5, 0.6) is 0 Å². The van der Waals surface area contributed by atoms with Gasteiger partial charge < -0.3 is 15.2 Å². The zero-order valence-corrected chi connectivity index (χ0v) is 9.92. The van der Waals surface area contributed by atoms with Gasteiger partial charge in [0, 0.05) is 25.4 Å². The third kappa shape index (κ3) is 4.95. The normalized spacial score (nSPS) is 9.31. The summed E-state index contributed by atoms with van der Waals surface area (Å²) in [5, 5.41) is 5.61. The molecule has 1 aromatic rings. The van der Waals surface area contributed by atoms with Crippen molar-refractivity contribution >= 4 is 18.3 Å². The third-order valence-corrected chi connectivity index (χ3v) is 1.91. The van der Waals surface area contributed by atoms with Crippen LogP contribution in [0, 0.1) is 0 Å². The van der Waals surface area contributed by atoms with Gasteiger partial charge in [0.2, 0.25) is 5.91 Å². The number of halogens is 1. The van der Waals surface area contributed by atoms with Gasteiger partial charge in [0.25, 0.3) is 5.56 Å². The largest absolute Gasteiger partial charge is 0.353 e. The van der Waals surface area contributed by atoms with Gasteiger partial charge in [0.05, 0.1) is 0 Å². The molecule has 0 spiro atoms. The minimum atomic E-state index is -0.165. The summed E-state index contributed by atoms with van der Waals surface area (Å²) in [5.41, 5.74) is -0.165. The average molecular weight is 246 g/mol. The standard InChI is InChI=1S/C10H15N3O2.ClH/c1-11-5-6-12-9(14)8-13-7-3-2-4-10(13)15;/h2-4,7,11H,5-6,8H2,1H3,(H,12,14);1H. The van der Waals surface area contributed by atoms with Crippen molar-refractivity contribution in [2.24, 2.45) is 0 Å². The first kappa shape index (κ1) is 14.7. The van der Waals surface area contributed by atoms with E-state index in [1.807, 2.05) is 7.05 Å². The lowest BCUT2D eigenvalue weighted by atomic mass is 10.4. The maximum atomic E-state index is 11.3. The highest BCUT2D eigenvalue weighted by molar-refractivity contribution is 5.85. The molecule has 90 valence electrons. The van der Waals surface area contributed by atoms with E-state index in [2.05, 4.69) is 10.6 Å². The van der Waals surface area contributed by atoms with Crippen LogP contribution in [0.25, 0.3) is 0 Å². The summed E-state index contributed by atoms with van der Waals surface area (Å²) >= 11 is 0. The van der Waals surface area contributed by atoms with Crippen LogP contribution in [0.2, 0.25) is 0 Å². The van der Waals surface area contributed by atoms with Crippen molar-refractivity contribution in [2.45, 2.75) is 6.54 Å². The van der Waals surface area contributed by atoms with Crippen molar-refractivity contribution in [1.82, 2.24) is 15.2 Å². The predicted molar refractivity (Wildman–Crippen MR) is 64.9 cm³/mol.